The van der Waals surface area contributed by atoms with Crippen LogP contribution in [0.25, 0.3) is 0 Å². The Balaban J connectivity index is 1.31. The predicted molar refractivity (Wildman–Crippen MR) is 112 cm³/mol. The van der Waals surface area contributed by atoms with Crippen molar-refractivity contribution in [2.24, 2.45) is 5.92 Å². The van der Waals surface area contributed by atoms with Crippen molar-refractivity contribution in [3.05, 3.63) is 35.4 Å². The van der Waals surface area contributed by atoms with E-state index in [0.717, 1.165) is 52.0 Å². The lowest BCUT2D eigenvalue weighted by Gasteiger charge is -2.37. The SMILES string of the molecule is Cc1cccc(CN2CCN(C(=O)CN3C(C(=O)O)CC4CCCCC43)CC2)c1. The number of aliphatic carboxylic acids is 1. The zero-order valence-electron chi connectivity index (χ0n) is 17.4. The third-order valence-electron chi connectivity index (χ3n) is 7.04. The van der Waals surface area contributed by atoms with E-state index in [9.17, 15) is 14.7 Å². The molecule has 1 N–H and O–H groups in total. The molecule has 1 saturated carbocycles. The van der Waals surface area contributed by atoms with Gasteiger partial charge in [0.1, 0.15) is 6.04 Å². The summed E-state index contributed by atoms with van der Waals surface area (Å²) >= 11 is 0. The minimum absolute atomic E-state index is 0.0951. The number of rotatable bonds is 5. The van der Waals surface area contributed by atoms with E-state index in [-0.39, 0.29) is 18.5 Å². The second kappa shape index (κ2) is 8.84. The number of nitrogens with zero attached hydrogens (tertiary/aromatic N) is 3. The third kappa shape index (κ3) is 4.64. The molecule has 2 heterocycles. The van der Waals surface area contributed by atoms with Crippen molar-refractivity contribution in [1.82, 2.24) is 14.7 Å². The Morgan fingerprint density at radius 3 is 2.59 bits per heavy atom. The van der Waals surface area contributed by atoms with Crippen molar-refractivity contribution in [2.75, 3.05) is 32.7 Å². The molecule has 0 spiro atoms. The number of carbonyl (C=O) groups is 2. The van der Waals surface area contributed by atoms with Gasteiger partial charge in [-0.3, -0.25) is 19.4 Å². The van der Waals surface area contributed by atoms with Crippen molar-refractivity contribution in [2.45, 2.75) is 57.7 Å². The molecule has 158 valence electrons. The first-order valence-corrected chi connectivity index (χ1v) is 11.1. The highest BCUT2D eigenvalue weighted by molar-refractivity contribution is 5.80. The number of amides is 1. The van der Waals surface area contributed by atoms with Gasteiger partial charge in [-0.05, 0) is 37.7 Å². The Hall–Kier alpha value is -1.92. The number of fused-ring (bicyclic) bond motifs is 1. The van der Waals surface area contributed by atoms with Crippen LogP contribution in [0.5, 0.6) is 0 Å². The Morgan fingerprint density at radius 2 is 1.86 bits per heavy atom. The van der Waals surface area contributed by atoms with E-state index in [1.165, 1.54) is 17.5 Å². The summed E-state index contributed by atoms with van der Waals surface area (Å²) in [6.45, 7) is 6.48. The summed E-state index contributed by atoms with van der Waals surface area (Å²) < 4.78 is 0. The van der Waals surface area contributed by atoms with E-state index >= 15 is 0 Å². The molecule has 6 heteroatoms. The molecule has 3 atom stereocenters. The standard InChI is InChI=1S/C23H33N3O3/c1-17-5-4-6-18(13-17)15-24-9-11-25(12-10-24)22(27)16-26-20-8-3-2-7-19(20)14-21(26)23(28)29/h4-6,13,19-21H,2-3,7-12,14-16H2,1H3,(H,28,29). The minimum Gasteiger partial charge on any atom is -0.480 e. The van der Waals surface area contributed by atoms with Crippen LogP contribution >= 0.6 is 0 Å². The largest absolute Gasteiger partial charge is 0.480 e. The first-order valence-electron chi connectivity index (χ1n) is 11.1. The number of benzene rings is 1. The molecular formula is C23H33N3O3. The summed E-state index contributed by atoms with van der Waals surface area (Å²) in [4.78, 5) is 31.1. The maximum atomic E-state index is 13.0. The third-order valence-corrected chi connectivity index (χ3v) is 7.04. The molecule has 1 aliphatic carbocycles. The Morgan fingerprint density at radius 1 is 1.10 bits per heavy atom. The maximum Gasteiger partial charge on any atom is 0.320 e. The zero-order chi connectivity index (χ0) is 20.4. The smallest absolute Gasteiger partial charge is 0.320 e. The van der Waals surface area contributed by atoms with Crippen LogP contribution in [-0.4, -0.2) is 76.5 Å². The molecule has 3 fully saturated rings. The second-order valence-electron chi connectivity index (χ2n) is 9.02. The summed E-state index contributed by atoms with van der Waals surface area (Å²) in [6, 6.07) is 8.37. The Bertz CT molecular complexity index is 745. The van der Waals surface area contributed by atoms with Crippen LogP contribution in [0.3, 0.4) is 0 Å². The van der Waals surface area contributed by atoms with Gasteiger partial charge in [0.25, 0.3) is 0 Å². The second-order valence-corrected chi connectivity index (χ2v) is 9.02. The molecule has 1 aromatic rings. The predicted octanol–water partition coefficient (Wildman–Crippen LogP) is 2.36. The van der Waals surface area contributed by atoms with Crippen molar-refractivity contribution in [3.8, 4) is 0 Å². The van der Waals surface area contributed by atoms with Crippen LogP contribution in [0.2, 0.25) is 0 Å². The van der Waals surface area contributed by atoms with Gasteiger partial charge in [-0.15, -0.1) is 0 Å². The fraction of sp³-hybridized carbons (Fsp3) is 0.652. The fourth-order valence-corrected chi connectivity index (χ4v) is 5.50. The van der Waals surface area contributed by atoms with E-state index in [0.29, 0.717) is 12.3 Å². The molecule has 3 unspecified atom stereocenters. The summed E-state index contributed by atoms with van der Waals surface area (Å²) in [5.74, 6) is -0.225. The van der Waals surface area contributed by atoms with Crippen LogP contribution in [0.1, 0.15) is 43.2 Å². The van der Waals surface area contributed by atoms with Crippen LogP contribution in [0.4, 0.5) is 0 Å². The lowest BCUT2D eigenvalue weighted by atomic mass is 9.85. The van der Waals surface area contributed by atoms with Crippen LogP contribution in [0.15, 0.2) is 24.3 Å². The molecule has 1 aromatic carbocycles. The van der Waals surface area contributed by atoms with Crippen LogP contribution < -0.4 is 0 Å². The minimum atomic E-state index is -0.768. The highest BCUT2D eigenvalue weighted by Gasteiger charge is 2.46. The highest BCUT2D eigenvalue weighted by Crippen LogP contribution is 2.39. The van der Waals surface area contributed by atoms with Gasteiger partial charge in [-0.25, -0.2) is 0 Å². The molecule has 0 bridgehead atoms. The maximum absolute atomic E-state index is 13.0. The molecule has 6 nitrogen and oxygen atoms in total. The zero-order valence-corrected chi connectivity index (χ0v) is 17.4. The number of carboxylic acids is 1. The number of hydrogen-bond donors (Lipinski definition) is 1. The molecule has 2 saturated heterocycles. The van der Waals surface area contributed by atoms with E-state index in [2.05, 4.69) is 36.1 Å². The normalized spacial score (nSPS) is 28.3. The first-order chi connectivity index (χ1) is 14.0. The van der Waals surface area contributed by atoms with Gasteiger partial charge < -0.3 is 10.0 Å². The molecule has 1 amide bonds. The summed E-state index contributed by atoms with van der Waals surface area (Å²) in [5.41, 5.74) is 2.59. The van der Waals surface area contributed by atoms with Crippen molar-refractivity contribution in [3.63, 3.8) is 0 Å². The van der Waals surface area contributed by atoms with Crippen LogP contribution in [-0.2, 0) is 16.1 Å². The average Bonchev–Trinajstić information content (AvgIpc) is 3.07. The number of carbonyl (C=O) groups excluding carboxylic acids is 1. The van der Waals surface area contributed by atoms with Gasteiger partial charge >= 0.3 is 5.97 Å². The fourth-order valence-electron chi connectivity index (χ4n) is 5.50. The topological polar surface area (TPSA) is 64.1 Å². The Labute approximate surface area is 173 Å². The van der Waals surface area contributed by atoms with Gasteiger partial charge in [0.2, 0.25) is 5.91 Å². The Kier molecular flexibility index (Phi) is 6.20. The van der Waals surface area contributed by atoms with Gasteiger partial charge in [-0.1, -0.05) is 42.7 Å². The quantitative estimate of drug-likeness (QED) is 0.824. The molecule has 4 rings (SSSR count). The highest BCUT2D eigenvalue weighted by atomic mass is 16.4. The number of hydrogen-bond acceptors (Lipinski definition) is 4. The van der Waals surface area contributed by atoms with Gasteiger partial charge in [0, 0.05) is 38.8 Å². The number of likely N-dealkylation sites (tertiary alicyclic amines) is 1. The number of carboxylic acid groups (broad SMARTS) is 1. The van der Waals surface area contributed by atoms with Gasteiger partial charge in [0.15, 0.2) is 0 Å². The molecule has 3 aliphatic rings. The molecule has 29 heavy (non-hydrogen) atoms. The summed E-state index contributed by atoms with van der Waals surface area (Å²) in [7, 11) is 0. The molecule has 0 aromatic heterocycles. The summed E-state index contributed by atoms with van der Waals surface area (Å²) in [5, 5.41) is 9.68. The number of piperazine rings is 1. The van der Waals surface area contributed by atoms with Crippen molar-refractivity contribution in [1.29, 1.82) is 0 Å². The van der Waals surface area contributed by atoms with Crippen molar-refractivity contribution >= 4 is 11.9 Å². The van der Waals surface area contributed by atoms with E-state index < -0.39 is 12.0 Å². The van der Waals surface area contributed by atoms with Crippen molar-refractivity contribution < 1.29 is 14.7 Å². The molecule has 2 aliphatic heterocycles. The molecular weight excluding hydrogens is 366 g/mol. The number of aryl methyl sites for hydroxylation is 1. The molecule has 0 radical (unpaired) electrons. The van der Waals surface area contributed by atoms with E-state index in [1.807, 2.05) is 9.80 Å². The van der Waals surface area contributed by atoms with E-state index in [4.69, 9.17) is 0 Å². The first kappa shape index (κ1) is 20.4. The van der Waals surface area contributed by atoms with Gasteiger partial charge in [-0.2, -0.15) is 0 Å². The van der Waals surface area contributed by atoms with Crippen LogP contribution in [0, 0.1) is 12.8 Å². The monoisotopic (exact) mass is 399 g/mol. The average molecular weight is 400 g/mol. The summed E-state index contributed by atoms with van der Waals surface area (Å²) in [6.07, 6.45) is 5.19. The lowest BCUT2D eigenvalue weighted by molar-refractivity contribution is -0.144. The van der Waals surface area contributed by atoms with Gasteiger partial charge in [0.05, 0.1) is 6.54 Å². The van der Waals surface area contributed by atoms with E-state index in [1.54, 1.807) is 0 Å². The lowest BCUT2D eigenvalue weighted by Crippen LogP contribution is -2.53.